The molecule has 9 aliphatic carbocycles. The summed E-state index contributed by atoms with van der Waals surface area (Å²) in [5.41, 5.74) is 3.37. The van der Waals surface area contributed by atoms with Crippen molar-refractivity contribution in [2.45, 2.75) is 184 Å². The van der Waals surface area contributed by atoms with Crippen molar-refractivity contribution in [3.63, 3.8) is 0 Å². The monoisotopic (exact) mass is 752 g/mol. The van der Waals surface area contributed by atoms with Gasteiger partial charge >= 0.3 is 0 Å². The molecule has 9 saturated carbocycles. The first kappa shape index (κ1) is 34.7. The summed E-state index contributed by atoms with van der Waals surface area (Å²) in [5, 5.41) is 0. The molecule has 16 rings (SSSR count). The van der Waals surface area contributed by atoms with E-state index in [2.05, 4.69) is 115 Å². The molecule has 7 aliphatic heterocycles. The summed E-state index contributed by atoms with van der Waals surface area (Å²) in [6, 6.07) is 3.27. The maximum atomic E-state index is 3.02. The van der Waals surface area contributed by atoms with Gasteiger partial charge in [-0.15, -0.1) is 0 Å². The van der Waals surface area contributed by atoms with Crippen LogP contribution in [0, 0.1) is 21.7 Å². The predicted molar refractivity (Wildman–Crippen MR) is 223 cm³/mol. The van der Waals surface area contributed by atoms with E-state index in [-0.39, 0.29) is 0 Å². The van der Waals surface area contributed by atoms with Gasteiger partial charge in [-0.3, -0.25) is 0 Å². The zero-order chi connectivity index (χ0) is 32.5. The van der Waals surface area contributed by atoms with Gasteiger partial charge < -0.3 is 0 Å². The predicted octanol–water partition coefficient (Wildman–Crippen LogP) is 11.7. The van der Waals surface area contributed by atoms with Crippen molar-refractivity contribution in [3.8, 4) is 0 Å². The zero-order valence-electron chi connectivity index (χ0n) is 31.9. The average Bonchev–Trinajstić information content (AvgIpc) is 2.74. The van der Waals surface area contributed by atoms with Gasteiger partial charge in [0.05, 0.1) is 0 Å². The largest absolute Gasteiger partial charge is 0.155 e. The molecule has 0 aromatic carbocycles. The molecule has 6 bridgehead atoms. The molecule has 9 heteroatoms. The second-order valence-electron chi connectivity index (χ2n) is 22.9. The van der Waals surface area contributed by atoms with Crippen LogP contribution < -0.4 is 0 Å². The molecule has 7 heterocycles. The Bertz CT molecular complexity index is 1100. The molecule has 0 spiro atoms. The molecule has 16 fully saturated rings. The summed E-state index contributed by atoms with van der Waals surface area (Å²) in [5.74, 6) is 2.97. The Morgan fingerprint density at radius 1 is 0.341 bits per heavy atom. The molecule has 0 atom stereocenters. The summed E-state index contributed by atoms with van der Waals surface area (Å²) in [6.45, 7) is 41.6. The van der Waals surface area contributed by atoms with Crippen molar-refractivity contribution in [3.05, 3.63) is 0 Å². The van der Waals surface area contributed by atoms with Gasteiger partial charge in [0.1, 0.15) is 0 Å². The third-order valence-electron chi connectivity index (χ3n) is 20.6. The molecule has 0 N–H and O–H groups in total. The minimum Gasteiger partial charge on any atom is -0.155 e. The van der Waals surface area contributed by atoms with Crippen molar-refractivity contribution in [1.29, 1.82) is 0 Å². The van der Waals surface area contributed by atoms with Crippen molar-refractivity contribution in [2.75, 3.05) is 11.5 Å². The summed E-state index contributed by atoms with van der Waals surface area (Å²) >= 11 is 4.97. The van der Waals surface area contributed by atoms with Crippen LogP contribution in [0.4, 0.5) is 0 Å². The number of hydrogen-bond donors (Lipinski definition) is 0. The lowest BCUT2D eigenvalue weighted by molar-refractivity contribution is -0.408. The average molecular weight is 754 g/mol. The van der Waals surface area contributed by atoms with E-state index < -0.39 is 50.7 Å². The van der Waals surface area contributed by atoms with Gasteiger partial charge in [0.25, 0.3) is 0 Å². The normalized spacial score (nSPS) is 51.7. The van der Waals surface area contributed by atoms with Crippen molar-refractivity contribution < 1.29 is 0 Å². The van der Waals surface area contributed by atoms with Gasteiger partial charge in [-0.25, -0.2) is 0 Å². The van der Waals surface area contributed by atoms with E-state index in [0.29, 0.717) is 0 Å². The van der Waals surface area contributed by atoms with Crippen molar-refractivity contribution in [1.82, 2.24) is 0 Å². The van der Waals surface area contributed by atoms with E-state index in [9.17, 15) is 0 Å². The zero-order valence-corrected chi connectivity index (χ0v) is 40.6. The van der Waals surface area contributed by atoms with E-state index >= 15 is 0 Å². The Morgan fingerprint density at radius 3 is 0.886 bits per heavy atom. The molecule has 252 valence electrons. The van der Waals surface area contributed by atoms with E-state index in [1.807, 2.05) is 0 Å². The summed E-state index contributed by atoms with van der Waals surface area (Å²) < 4.78 is 1.49. The number of hydrogen-bond acceptors (Lipinski definition) is 2. The van der Waals surface area contributed by atoms with Crippen LogP contribution in [0.2, 0.25) is 104 Å². The molecular formula is C35H72S2Si7. The number of rotatable bonds is 0. The third kappa shape index (κ3) is 3.86. The second-order valence-corrected chi connectivity index (χ2v) is 104. The van der Waals surface area contributed by atoms with Gasteiger partial charge in [-0.05, 0) is 104 Å². The highest BCUT2D eigenvalue weighted by Gasteiger charge is 2.90. The van der Waals surface area contributed by atoms with Crippen LogP contribution >= 0.6 is 23.5 Å². The SMILES string of the molecule is C[Si]1(C)CCCSC23CC(C2)(C3)C23CC(C2)(C3)C23CC(C2)(C3)SCCC[Si](C)(C)[Si](C)(C)[Si](C)(C)[Si](C)(C)[Si](C)(C)[Si]1(C)C. The van der Waals surface area contributed by atoms with Crippen LogP contribution in [0.15, 0.2) is 0 Å². The highest BCUT2D eigenvalue weighted by atomic mass is 32.2. The van der Waals surface area contributed by atoms with Crippen LogP contribution in [0.5, 0.6) is 0 Å². The fourth-order valence-corrected chi connectivity index (χ4v) is 213. The minimum atomic E-state index is -1.34. The van der Waals surface area contributed by atoms with Gasteiger partial charge in [0, 0.05) is 60.2 Å². The molecule has 0 amide bonds. The highest BCUT2D eigenvalue weighted by molar-refractivity contribution is 8.01. The molecular weight excluding hydrogens is 681 g/mol. The summed E-state index contributed by atoms with van der Waals surface area (Å²) in [4.78, 5) is 0. The maximum absolute atomic E-state index is 3.02. The Labute approximate surface area is 289 Å². The third-order valence-corrected chi connectivity index (χ3v) is 172. The topological polar surface area (TPSA) is 0 Å². The van der Waals surface area contributed by atoms with Gasteiger partial charge in [-0.2, -0.15) is 23.5 Å². The molecule has 0 aromatic heterocycles. The first-order valence-electron chi connectivity index (χ1n) is 19.1. The molecule has 0 unspecified atom stereocenters. The van der Waals surface area contributed by atoms with Crippen LogP contribution in [0.1, 0.15) is 70.6 Å². The quantitative estimate of drug-likeness (QED) is 0.226. The van der Waals surface area contributed by atoms with E-state index in [0.717, 1.165) is 31.2 Å². The first-order valence-corrected chi connectivity index (χ1v) is 48.4. The van der Waals surface area contributed by atoms with Crippen LogP contribution in [-0.2, 0) is 0 Å². The van der Waals surface area contributed by atoms with Gasteiger partial charge in [0.2, 0.25) is 0 Å². The lowest BCUT2D eigenvalue weighted by Gasteiger charge is -2.94. The maximum Gasteiger partial charge on any atom is 0.0384 e. The molecule has 0 aromatic rings. The Kier molecular flexibility index (Phi) is 7.37. The Morgan fingerprint density at radius 2 is 0.591 bits per heavy atom. The summed E-state index contributed by atoms with van der Waals surface area (Å²) in [7, 11) is -9.09. The second kappa shape index (κ2) is 9.35. The molecule has 0 radical (unpaired) electrons. The molecule has 7 saturated heterocycles. The summed E-state index contributed by atoms with van der Waals surface area (Å²) in [6.07, 6.45) is 17.9. The van der Waals surface area contributed by atoms with Crippen molar-refractivity contribution in [2.24, 2.45) is 21.7 Å². The smallest absolute Gasteiger partial charge is 0.0384 e. The first-order chi connectivity index (χ1) is 19.8. The lowest BCUT2D eigenvalue weighted by Crippen LogP contribution is -2.90. The highest BCUT2D eigenvalue weighted by Crippen LogP contribution is 2.98. The van der Waals surface area contributed by atoms with Gasteiger partial charge in [0.15, 0.2) is 0 Å². The lowest BCUT2D eigenvalue weighted by atomic mass is 9.13. The Balaban J connectivity index is 1.12. The fraction of sp³-hybridized carbons (Fsp3) is 1.00. The molecule has 0 nitrogen and oxygen atoms in total. The van der Waals surface area contributed by atoms with E-state index in [4.69, 9.17) is 0 Å². The standard InChI is InChI=1S/C35H72S2Si7/c1-38(2)19-15-17-36-34-24-32(25-34,26-34)30-21-31(22-30,23-30)33-27-35(28-33,29-33)37-18-16-20-39(3,4)41(7,8)43(11,12)44(13,14)42(9,10)40(38,5)6/h15-29H2,1-14H3. The number of thioether (sulfide) groups is 2. The van der Waals surface area contributed by atoms with E-state index in [1.165, 1.54) is 11.5 Å². The van der Waals surface area contributed by atoms with Crippen LogP contribution in [0.3, 0.4) is 0 Å². The van der Waals surface area contributed by atoms with Crippen molar-refractivity contribution >= 4 is 74.3 Å². The van der Waals surface area contributed by atoms with Crippen LogP contribution in [0.25, 0.3) is 0 Å². The molecule has 16 aliphatic rings. The molecule has 44 heavy (non-hydrogen) atoms. The van der Waals surface area contributed by atoms with Crippen LogP contribution in [-0.4, -0.2) is 71.7 Å². The Hall–Kier alpha value is 2.22. The minimum absolute atomic E-state index is 0.747. The van der Waals surface area contributed by atoms with E-state index in [1.54, 1.807) is 82.7 Å². The fourth-order valence-electron chi connectivity index (χ4n) is 14.0. The van der Waals surface area contributed by atoms with Gasteiger partial charge in [-0.1, -0.05) is 104 Å².